The molecule has 5 nitrogen and oxygen atoms in total. The molecule has 0 radical (unpaired) electrons. The average Bonchev–Trinajstić information content (AvgIpc) is 2.43. The van der Waals surface area contributed by atoms with Crippen LogP contribution in [0.25, 0.3) is 0 Å². The van der Waals surface area contributed by atoms with E-state index in [1.165, 1.54) is 24.0 Å². The fourth-order valence-corrected chi connectivity index (χ4v) is 2.51. The van der Waals surface area contributed by atoms with Crippen molar-refractivity contribution < 1.29 is 14.7 Å². The molecule has 0 fully saturated rings. The monoisotopic (exact) mass is 296 g/mol. The lowest BCUT2D eigenvalue weighted by molar-refractivity contribution is -0.120. The van der Waals surface area contributed by atoms with E-state index in [1.807, 2.05) is 0 Å². The van der Waals surface area contributed by atoms with Gasteiger partial charge in [-0.25, -0.2) is 9.78 Å². The molecule has 0 bridgehead atoms. The quantitative estimate of drug-likeness (QED) is 0.569. The molecule has 20 heavy (non-hydrogen) atoms. The Morgan fingerprint density at radius 3 is 2.85 bits per heavy atom. The number of carboxylic acids is 1. The van der Waals surface area contributed by atoms with Crippen LogP contribution in [-0.4, -0.2) is 33.8 Å². The molecule has 1 heterocycles. The van der Waals surface area contributed by atoms with Gasteiger partial charge in [-0.2, -0.15) is 0 Å². The van der Waals surface area contributed by atoms with Crippen molar-refractivity contribution in [1.82, 2.24) is 10.3 Å². The molecule has 1 unspecified atom stereocenters. The molecule has 0 aliphatic rings. The predicted molar refractivity (Wildman–Crippen MR) is 79.1 cm³/mol. The van der Waals surface area contributed by atoms with E-state index in [1.54, 1.807) is 13.0 Å². The molecule has 1 atom stereocenters. The summed E-state index contributed by atoms with van der Waals surface area (Å²) in [7, 11) is 0. The Kier molecular flexibility index (Phi) is 7.08. The number of carbonyl (C=O) groups is 2. The van der Waals surface area contributed by atoms with Crippen molar-refractivity contribution in [2.45, 2.75) is 43.3 Å². The minimum Gasteiger partial charge on any atom is -0.477 e. The third kappa shape index (κ3) is 5.61. The molecule has 6 heteroatoms. The van der Waals surface area contributed by atoms with Gasteiger partial charge in [-0.1, -0.05) is 19.8 Å². The SMILES string of the molecule is CCCCCNC(=O)C(C)Sc1ccnc(C(=O)O)c1. The number of pyridine rings is 1. The smallest absolute Gasteiger partial charge is 0.354 e. The fourth-order valence-electron chi connectivity index (χ4n) is 1.59. The molecule has 2 N–H and O–H groups in total. The van der Waals surface area contributed by atoms with Gasteiger partial charge in [0.2, 0.25) is 5.91 Å². The number of carboxylic acid groups (broad SMARTS) is 1. The number of nitrogens with one attached hydrogen (secondary N) is 1. The maximum atomic E-state index is 11.9. The zero-order valence-corrected chi connectivity index (χ0v) is 12.6. The van der Waals surface area contributed by atoms with Gasteiger partial charge in [-0.05, 0) is 25.5 Å². The number of thioether (sulfide) groups is 1. The van der Waals surface area contributed by atoms with Gasteiger partial charge in [-0.3, -0.25) is 4.79 Å². The van der Waals surface area contributed by atoms with E-state index in [-0.39, 0.29) is 16.9 Å². The van der Waals surface area contributed by atoms with Gasteiger partial charge in [0, 0.05) is 17.6 Å². The van der Waals surface area contributed by atoms with Crippen LogP contribution in [0.2, 0.25) is 0 Å². The predicted octanol–water partition coefficient (Wildman–Crippen LogP) is 2.57. The Morgan fingerprint density at radius 1 is 1.45 bits per heavy atom. The summed E-state index contributed by atoms with van der Waals surface area (Å²) in [6.07, 6.45) is 4.65. The number of carbonyl (C=O) groups excluding carboxylic acids is 1. The summed E-state index contributed by atoms with van der Waals surface area (Å²) in [6, 6.07) is 3.19. The van der Waals surface area contributed by atoms with Crippen LogP contribution in [0.1, 0.15) is 43.6 Å². The van der Waals surface area contributed by atoms with Crippen molar-refractivity contribution in [2.24, 2.45) is 0 Å². The molecule has 1 amide bonds. The highest BCUT2D eigenvalue weighted by atomic mass is 32.2. The van der Waals surface area contributed by atoms with Gasteiger partial charge in [0.1, 0.15) is 5.69 Å². The van der Waals surface area contributed by atoms with E-state index < -0.39 is 5.97 Å². The standard InChI is InChI=1S/C14H20N2O3S/c1-3-4-5-7-16-13(17)10(2)20-11-6-8-15-12(9-11)14(18)19/h6,8-10H,3-5,7H2,1-2H3,(H,16,17)(H,18,19). The minimum atomic E-state index is -1.07. The molecule has 0 aliphatic carbocycles. The minimum absolute atomic E-state index is 0.00875. The molecule has 1 aromatic heterocycles. The topological polar surface area (TPSA) is 79.3 Å². The van der Waals surface area contributed by atoms with Crippen LogP contribution < -0.4 is 5.32 Å². The number of hydrogen-bond donors (Lipinski definition) is 2. The number of rotatable bonds is 8. The molecule has 0 saturated carbocycles. The third-order valence-corrected chi connectivity index (χ3v) is 3.81. The molecule has 0 saturated heterocycles. The van der Waals surface area contributed by atoms with Crippen molar-refractivity contribution in [3.63, 3.8) is 0 Å². The maximum absolute atomic E-state index is 11.9. The summed E-state index contributed by atoms with van der Waals surface area (Å²) in [5.74, 6) is -1.09. The summed E-state index contributed by atoms with van der Waals surface area (Å²) < 4.78 is 0. The van der Waals surface area contributed by atoms with Gasteiger partial charge in [-0.15, -0.1) is 11.8 Å². The first-order chi connectivity index (χ1) is 9.54. The van der Waals surface area contributed by atoms with Crippen molar-refractivity contribution in [2.75, 3.05) is 6.54 Å². The molecular weight excluding hydrogens is 276 g/mol. The van der Waals surface area contributed by atoms with Crippen molar-refractivity contribution in [3.8, 4) is 0 Å². The lowest BCUT2D eigenvalue weighted by Gasteiger charge is -2.12. The summed E-state index contributed by atoms with van der Waals surface area (Å²) in [5.41, 5.74) is -0.00875. The van der Waals surface area contributed by atoms with Crippen molar-refractivity contribution >= 4 is 23.6 Å². The van der Waals surface area contributed by atoms with E-state index in [0.29, 0.717) is 6.54 Å². The van der Waals surface area contributed by atoms with E-state index in [0.717, 1.165) is 24.2 Å². The maximum Gasteiger partial charge on any atom is 0.354 e. The summed E-state index contributed by atoms with van der Waals surface area (Å²) in [6.45, 7) is 4.61. The largest absolute Gasteiger partial charge is 0.477 e. The van der Waals surface area contributed by atoms with Gasteiger partial charge in [0.25, 0.3) is 0 Å². The first-order valence-corrected chi connectivity index (χ1v) is 7.56. The van der Waals surface area contributed by atoms with Crippen LogP contribution in [0.5, 0.6) is 0 Å². The highest BCUT2D eigenvalue weighted by Crippen LogP contribution is 2.23. The van der Waals surface area contributed by atoms with Crippen LogP contribution in [0.15, 0.2) is 23.2 Å². The molecule has 0 spiro atoms. The van der Waals surface area contributed by atoms with Crippen LogP contribution in [0, 0.1) is 0 Å². The van der Waals surface area contributed by atoms with Crippen molar-refractivity contribution in [1.29, 1.82) is 0 Å². The Bertz CT molecular complexity index is 465. The molecule has 0 aliphatic heterocycles. The first kappa shape index (κ1) is 16.5. The molecular formula is C14H20N2O3S. The lowest BCUT2D eigenvalue weighted by Crippen LogP contribution is -2.31. The van der Waals surface area contributed by atoms with Gasteiger partial charge in [0.05, 0.1) is 5.25 Å². The highest BCUT2D eigenvalue weighted by molar-refractivity contribution is 8.00. The zero-order valence-electron chi connectivity index (χ0n) is 11.8. The summed E-state index contributed by atoms with van der Waals surface area (Å²) in [4.78, 5) is 27.2. The normalized spacial score (nSPS) is 11.9. The van der Waals surface area contributed by atoms with Gasteiger partial charge >= 0.3 is 5.97 Å². The van der Waals surface area contributed by atoms with Gasteiger partial charge in [0.15, 0.2) is 0 Å². The van der Waals surface area contributed by atoms with Crippen LogP contribution in [-0.2, 0) is 4.79 Å². The van der Waals surface area contributed by atoms with E-state index in [4.69, 9.17) is 5.11 Å². The van der Waals surface area contributed by atoms with E-state index in [2.05, 4.69) is 17.2 Å². The molecule has 1 aromatic rings. The number of hydrogen-bond acceptors (Lipinski definition) is 4. The summed E-state index contributed by atoms with van der Waals surface area (Å²) >= 11 is 1.33. The molecule has 1 rings (SSSR count). The average molecular weight is 296 g/mol. The zero-order chi connectivity index (χ0) is 15.0. The third-order valence-electron chi connectivity index (χ3n) is 2.71. The Hall–Kier alpha value is -1.56. The fraction of sp³-hybridized carbons (Fsp3) is 0.500. The molecule has 0 aromatic carbocycles. The Labute approximate surface area is 123 Å². The van der Waals surface area contributed by atoms with E-state index >= 15 is 0 Å². The van der Waals surface area contributed by atoms with E-state index in [9.17, 15) is 9.59 Å². The second kappa shape index (κ2) is 8.58. The Morgan fingerprint density at radius 2 is 2.20 bits per heavy atom. The number of aromatic nitrogens is 1. The second-order valence-corrected chi connectivity index (χ2v) is 5.85. The number of aromatic carboxylic acids is 1. The summed E-state index contributed by atoms with van der Waals surface area (Å²) in [5, 5.41) is 11.5. The highest BCUT2D eigenvalue weighted by Gasteiger charge is 2.15. The van der Waals surface area contributed by atoms with Crippen LogP contribution in [0.3, 0.4) is 0 Å². The van der Waals surface area contributed by atoms with Crippen LogP contribution in [0.4, 0.5) is 0 Å². The number of amides is 1. The number of unbranched alkanes of at least 4 members (excludes halogenated alkanes) is 2. The van der Waals surface area contributed by atoms with Crippen molar-refractivity contribution in [3.05, 3.63) is 24.0 Å². The lowest BCUT2D eigenvalue weighted by atomic mass is 10.2. The Balaban J connectivity index is 2.48. The molecule has 110 valence electrons. The van der Waals surface area contributed by atoms with Crippen LogP contribution >= 0.6 is 11.8 Å². The number of nitrogens with zero attached hydrogens (tertiary/aromatic N) is 1. The second-order valence-electron chi connectivity index (χ2n) is 4.44. The van der Waals surface area contributed by atoms with Gasteiger partial charge < -0.3 is 10.4 Å². The first-order valence-electron chi connectivity index (χ1n) is 6.68.